The van der Waals surface area contributed by atoms with Crippen molar-refractivity contribution in [2.75, 3.05) is 19.8 Å². The van der Waals surface area contributed by atoms with Gasteiger partial charge in [-0.1, -0.05) is 0 Å². The zero-order chi connectivity index (χ0) is 6.97. The van der Waals surface area contributed by atoms with Crippen LogP contribution in [0.15, 0.2) is 0 Å². The van der Waals surface area contributed by atoms with Crippen LogP contribution in [0, 0.1) is 0 Å². The van der Waals surface area contributed by atoms with Gasteiger partial charge in [0.25, 0.3) is 0 Å². The van der Waals surface area contributed by atoms with Crippen molar-refractivity contribution in [3.8, 4) is 0 Å². The maximum atomic E-state index is 8.52. The van der Waals surface area contributed by atoms with Crippen LogP contribution < -0.4 is 0 Å². The molecule has 0 amide bonds. The van der Waals surface area contributed by atoms with Gasteiger partial charge in [0.05, 0.1) is 19.8 Å². The first-order valence-corrected chi connectivity index (χ1v) is 3.39. The third-order valence-corrected chi connectivity index (χ3v) is 1.56. The van der Waals surface area contributed by atoms with Gasteiger partial charge in [-0.2, -0.15) is 0 Å². The van der Waals surface area contributed by atoms with Crippen molar-refractivity contribution in [1.29, 1.82) is 0 Å². The van der Waals surface area contributed by atoms with E-state index in [1.165, 1.54) is 0 Å². The third-order valence-electron chi connectivity index (χ3n) is 1.56. The first kappa shape index (κ1) is 9.15. The normalized spacial score (nSPS) is 39.5. The predicted octanol–water partition coefficient (Wildman–Crippen LogP) is -2.33. The number of epoxide rings is 2. The van der Waals surface area contributed by atoms with Crippen molar-refractivity contribution in [1.82, 2.24) is 0 Å². The molecular weight excluding hydrogens is 164 g/mol. The van der Waals surface area contributed by atoms with E-state index < -0.39 is 0 Å². The molecular formula is C6H14O4Si. The molecule has 4 nitrogen and oxygen atoms in total. The Balaban J connectivity index is 0.000000605. The molecule has 0 saturated carbocycles. The molecule has 0 aromatic rings. The summed E-state index contributed by atoms with van der Waals surface area (Å²) in [5.74, 6) is 0. The molecule has 1 N–H and O–H groups in total. The molecule has 0 radical (unpaired) electrons. The van der Waals surface area contributed by atoms with Gasteiger partial charge in [-0.05, 0) is 11.0 Å². The first-order chi connectivity index (χ1) is 4.90. The van der Waals surface area contributed by atoms with Gasteiger partial charge in [0.2, 0.25) is 0 Å². The van der Waals surface area contributed by atoms with E-state index in [-0.39, 0.29) is 36.1 Å². The Morgan fingerprint density at radius 2 is 2.27 bits per heavy atom. The van der Waals surface area contributed by atoms with Crippen molar-refractivity contribution in [2.24, 2.45) is 0 Å². The van der Waals surface area contributed by atoms with Crippen molar-refractivity contribution in [3.63, 3.8) is 0 Å². The first-order valence-electron chi connectivity index (χ1n) is 3.39. The Kier molecular flexibility index (Phi) is 3.03. The third kappa shape index (κ3) is 2.53. The number of hydrogen-bond acceptors (Lipinski definition) is 4. The van der Waals surface area contributed by atoms with E-state index in [4.69, 9.17) is 19.3 Å². The Bertz CT molecular complexity index is 128. The second-order valence-corrected chi connectivity index (χ2v) is 2.51. The van der Waals surface area contributed by atoms with Gasteiger partial charge in [0, 0.05) is 0 Å². The summed E-state index contributed by atoms with van der Waals surface area (Å²) in [5, 5.41) is 8.52. The number of aliphatic hydroxyl groups excluding tert-OH is 1. The second-order valence-electron chi connectivity index (χ2n) is 2.51. The molecule has 0 bridgehead atoms. The molecule has 3 atom stereocenters. The highest BCUT2D eigenvalue weighted by molar-refractivity contribution is 5.75. The summed E-state index contributed by atoms with van der Waals surface area (Å²) in [6.07, 6.45) is 0.0245. The highest BCUT2D eigenvalue weighted by Crippen LogP contribution is 2.23. The molecule has 0 aromatic heterocycles. The van der Waals surface area contributed by atoms with Gasteiger partial charge in [-0.15, -0.1) is 0 Å². The molecule has 66 valence electrons. The predicted molar refractivity (Wildman–Crippen MR) is 42.8 cm³/mol. The second kappa shape index (κ2) is 3.64. The maximum absolute atomic E-state index is 8.52. The van der Waals surface area contributed by atoms with Gasteiger partial charge in [0.15, 0.2) is 6.29 Å². The lowest BCUT2D eigenvalue weighted by molar-refractivity contribution is 0.0405. The summed E-state index contributed by atoms with van der Waals surface area (Å²) < 4.78 is 15.0. The minimum Gasteiger partial charge on any atom is -0.393 e. The van der Waals surface area contributed by atoms with E-state index in [0.29, 0.717) is 6.61 Å². The maximum Gasteiger partial charge on any atom is 0.186 e. The van der Waals surface area contributed by atoms with Gasteiger partial charge in [-0.3, -0.25) is 0 Å². The Labute approximate surface area is 69.5 Å². The van der Waals surface area contributed by atoms with E-state index in [1.54, 1.807) is 0 Å². The number of ether oxygens (including phenoxy) is 3. The number of aliphatic hydroxyl groups is 1. The highest BCUT2D eigenvalue weighted by atomic mass is 28.1. The largest absolute Gasteiger partial charge is 0.393 e. The van der Waals surface area contributed by atoms with Crippen LogP contribution >= 0.6 is 0 Å². The molecule has 0 aromatic carbocycles. The summed E-state index contributed by atoms with van der Waals surface area (Å²) >= 11 is 0. The monoisotopic (exact) mass is 178 g/mol. The SMILES string of the molecule is OCC1OC1OCC1CO1.[SiH4]. The van der Waals surface area contributed by atoms with Crippen LogP contribution in [0.4, 0.5) is 0 Å². The summed E-state index contributed by atoms with van der Waals surface area (Å²) in [7, 11) is 0. The summed E-state index contributed by atoms with van der Waals surface area (Å²) in [4.78, 5) is 0. The fraction of sp³-hybridized carbons (Fsp3) is 1.00. The van der Waals surface area contributed by atoms with Gasteiger partial charge >= 0.3 is 0 Å². The van der Waals surface area contributed by atoms with E-state index in [2.05, 4.69) is 0 Å². The van der Waals surface area contributed by atoms with Crippen LogP contribution in [0.1, 0.15) is 0 Å². The van der Waals surface area contributed by atoms with Crippen molar-refractivity contribution in [3.05, 3.63) is 0 Å². The summed E-state index contributed by atoms with van der Waals surface area (Å²) in [6, 6.07) is 0. The molecule has 2 fully saturated rings. The molecule has 2 saturated heterocycles. The minimum atomic E-state index is -0.172. The zero-order valence-corrected chi connectivity index (χ0v) is 5.53. The molecule has 3 unspecified atom stereocenters. The van der Waals surface area contributed by atoms with E-state index in [9.17, 15) is 0 Å². The Morgan fingerprint density at radius 1 is 1.55 bits per heavy atom. The minimum absolute atomic E-state index is 0. The molecule has 0 spiro atoms. The Hall–Kier alpha value is 0.0569. The average molecular weight is 178 g/mol. The molecule has 11 heavy (non-hydrogen) atoms. The topological polar surface area (TPSA) is 54.5 Å². The van der Waals surface area contributed by atoms with Crippen LogP contribution in [-0.2, 0) is 14.2 Å². The molecule has 2 aliphatic rings. The lowest BCUT2D eigenvalue weighted by Crippen LogP contribution is -2.08. The van der Waals surface area contributed by atoms with Gasteiger partial charge in [0.1, 0.15) is 12.2 Å². The van der Waals surface area contributed by atoms with E-state index in [1.807, 2.05) is 0 Å². The number of hydrogen-bond donors (Lipinski definition) is 1. The lowest BCUT2D eigenvalue weighted by Gasteiger charge is -1.93. The average Bonchev–Trinajstić information content (AvgIpc) is 2.82. The zero-order valence-electron chi connectivity index (χ0n) is 5.53. The quantitative estimate of drug-likeness (QED) is 0.387. The molecule has 2 aliphatic heterocycles. The van der Waals surface area contributed by atoms with Crippen LogP contribution in [-0.4, -0.2) is 54.4 Å². The standard InChI is InChI=1S/C6H10O4.H4Si/c7-1-5-6(10-5)9-3-4-2-8-4;/h4-7H,1-3H2;1H4. The summed E-state index contributed by atoms with van der Waals surface area (Å²) in [6.45, 7) is 1.45. The fourth-order valence-electron chi connectivity index (χ4n) is 0.769. The van der Waals surface area contributed by atoms with Gasteiger partial charge < -0.3 is 19.3 Å². The fourth-order valence-corrected chi connectivity index (χ4v) is 0.769. The molecule has 2 heterocycles. The lowest BCUT2D eigenvalue weighted by atomic mass is 10.5. The van der Waals surface area contributed by atoms with Crippen molar-refractivity contribution < 1.29 is 19.3 Å². The van der Waals surface area contributed by atoms with Crippen LogP contribution in [0.2, 0.25) is 0 Å². The number of rotatable bonds is 4. The van der Waals surface area contributed by atoms with Crippen LogP contribution in [0.5, 0.6) is 0 Å². The molecule has 5 heteroatoms. The van der Waals surface area contributed by atoms with E-state index >= 15 is 0 Å². The van der Waals surface area contributed by atoms with Crippen molar-refractivity contribution >= 4 is 11.0 Å². The van der Waals surface area contributed by atoms with Crippen LogP contribution in [0.3, 0.4) is 0 Å². The Morgan fingerprint density at radius 3 is 2.73 bits per heavy atom. The van der Waals surface area contributed by atoms with Gasteiger partial charge in [-0.25, -0.2) is 0 Å². The summed E-state index contributed by atoms with van der Waals surface area (Å²) in [5.41, 5.74) is 0. The molecule has 0 aliphatic carbocycles. The highest BCUT2D eigenvalue weighted by Gasteiger charge is 2.40. The van der Waals surface area contributed by atoms with E-state index in [0.717, 1.165) is 6.61 Å². The smallest absolute Gasteiger partial charge is 0.186 e. The van der Waals surface area contributed by atoms with Crippen LogP contribution in [0.25, 0.3) is 0 Å². The van der Waals surface area contributed by atoms with Crippen molar-refractivity contribution in [2.45, 2.75) is 18.5 Å². The molecule has 2 rings (SSSR count).